The number of benzene rings is 1. The van der Waals surface area contributed by atoms with Gasteiger partial charge in [0.05, 0.1) is 5.69 Å². The Labute approximate surface area is 149 Å². The quantitative estimate of drug-likeness (QED) is 0.657. The zero-order valence-corrected chi connectivity index (χ0v) is 15.0. The van der Waals surface area contributed by atoms with Gasteiger partial charge in [0, 0.05) is 39.0 Å². The lowest BCUT2D eigenvalue weighted by atomic mass is 10.2. The molecule has 0 aliphatic carbocycles. The van der Waals surface area contributed by atoms with Crippen LogP contribution in [0.5, 0.6) is 0 Å². The van der Waals surface area contributed by atoms with E-state index in [1.54, 1.807) is 24.2 Å². The first-order valence-corrected chi connectivity index (χ1v) is 9.32. The molecule has 0 spiro atoms. The first-order chi connectivity index (χ1) is 11.6. The second-order valence-electron chi connectivity index (χ2n) is 5.42. The smallest absolute Gasteiger partial charge is 0.257 e. The molecule has 4 nitrogen and oxygen atoms in total. The number of aromatic nitrogens is 2. The summed E-state index contributed by atoms with van der Waals surface area (Å²) < 4.78 is 0. The molecule has 1 N–H and O–H groups in total. The fourth-order valence-electron chi connectivity index (χ4n) is 2.11. The van der Waals surface area contributed by atoms with Crippen molar-refractivity contribution in [3.05, 3.63) is 59.7 Å². The Balaban J connectivity index is 1.68. The van der Waals surface area contributed by atoms with E-state index in [0.717, 1.165) is 16.2 Å². The van der Waals surface area contributed by atoms with Gasteiger partial charge in [0.15, 0.2) is 5.13 Å². The molecule has 2 heterocycles. The molecule has 0 radical (unpaired) electrons. The van der Waals surface area contributed by atoms with Gasteiger partial charge in [-0.25, -0.2) is 4.98 Å². The number of carbonyl (C=O) groups is 1. The summed E-state index contributed by atoms with van der Waals surface area (Å²) in [7, 11) is 0. The molecule has 2 aromatic heterocycles. The van der Waals surface area contributed by atoms with Gasteiger partial charge in [0.1, 0.15) is 0 Å². The maximum atomic E-state index is 12.3. The van der Waals surface area contributed by atoms with Crippen LogP contribution < -0.4 is 5.32 Å². The first-order valence-electron chi connectivity index (χ1n) is 7.56. The lowest BCUT2D eigenvalue weighted by Gasteiger charge is -2.06. The molecule has 3 aromatic rings. The van der Waals surface area contributed by atoms with E-state index in [0.29, 0.717) is 15.9 Å². The molecule has 1 amide bonds. The number of hydrogen-bond donors (Lipinski definition) is 1. The SMILES string of the molecule is CC(C)Sc1ccc(C(=O)Nc2nc(-c3ccncc3)cs2)cc1. The summed E-state index contributed by atoms with van der Waals surface area (Å²) in [6.45, 7) is 4.29. The standard InChI is InChI=1S/C18H17N3OS2/c1-12(2)24-15-5-3-14(4-6-15)17(22)21-18-20-16(11-23-18)13-7-9-19-10-8-13/h3-12H,1-2H3,(H,20,21,22). The van der Waals surface area contributed by atoms with Gasteiger partial charge < -0.3 is 0 Å². The van der Waals surface area contributed by atoms with Crippen LogP contribution in [0.2, 0.25) is 0 Å². The van der Waals surface area contributed by atoms with Gasteiger partial charge in [0.2, 0.25) is 0 Å². The monoisotopic (exact) mass is 355 g/mol. The normalized spacial score (nSPS) is 10.8. The highest BCUT2D eigenvalue weighted by atomic mass is 32.2. The third-order valence-electron chi connectivity index (χ3n) is 3.19. The highest BCUT2D eigenvalue weighted by Crippen LogP contribution is 2.25. The first kappa shape index (κ1) is 16.7. The van der Waals surface area contributed by atoms with Crippen LogP contribution in [0.25, 0.3) is 11.3 Å². The molecule has 3 rings (SSSR count). The molecule has 0 saturated carbocycles. The van der Waals surface area contributed by atoms with E-state index >= 15 is 0 Å². The molecule has 0 saturated heterocycles. The van der Waals surface area contributed by atoms with E-state index in [9.17, 15) is 4.79 Å². The number of nitrogens with one attached hydrogen (secondary N) is 1. The molecule has 6 heteroatoms. The van der Waals surface area contributed by atoms with E-state index in [-0.39, 0.29) is 5.91 Å². The van der Waals surface area contributed by atoms with Crippen molar-refractivity contribution in [1.29, 1.82) is 0 Å². The summed E-state index contributed by atoms with van der Waals surface area (Å²) in [5.41, 5.74) is 2.45. The minimum Gasteiger partial charge on any atom is -0.298 e. The van der Waals surface area contributed by atoms with Crippen molar-refractivity contribution in [2.75, 3.05) is 5.32 Å². The second kappa shape index (κ2) is 7.59. The van der Waals surface area contributed by atoms with Gasteiger partial charge in [-0.2, -0.15) is 0 Å². The fraction of sp³-hybridized carbons (Fsp3) is 0.167. The van der Waals surface area contributed by atoms with Gasteiger partial charge in [-0.15, -0.1) is 23.1 Å². The van der Waals surface area contributed by atoms with E-state index in [1.807, 2.05) is 41.8 Å². The second-order valence-corrected chi connectivity index (χ2v) is 7.93. The lowest BCUT2D eigenvalue weighted by Crippen LogP contribution is -2.11. The molecular formula is C18H17N3OS2. The number of anilines is 1. The molecule has 0 aliphatic heterocycles. The molecule has 122 valence electrons. The van der Waals surface area contributed by atoms with Crippen LogP contribution in [0.3, 0.4) is 0 Å². The van der Waals surface area contributed by atoms with Crippen LogP contribution in [0, 0.1) is 0 Å². The van der Waals surface area contributed by atoms with Crippen LogP contribution >= 0.6 is 23.1 Å². The van der Waals surface area contributed by atoms with Crippen molar-refractivity contribution >= 4 is 34.1 Å². The summed E-state index contributed by atoms with van der Waals surface area (Å²) in [6.07, 6.45) is 3.45. The van der Waals surface area contributed by atoms with Crippen LogP contribution in [-0.2, 0) is 0 Å². The number of nitrogens with zero attached hydrogens (tertiary/aromatic N) is 2. The third-order valence-corrected chi connectivity index (χ3v) is 4.96. The Bertz CT molecular complexity index is 814. The summed E-state index contributed by atoms with van der Waals surface area (Å²) in [6, 6.07) is 11.4. The Hall–Kier alpha value is -2.18. The predicted molar refractivity (Wildman–Crippen MR) is 101 cm³/mol. The Kier molecular flexibility index (Phi) is 5.27. The molecule has 0 atom stereocenters. The van der Waals surface area contributed by atoms with E-state index in [2.05, 4.69) is 29.1 Å². The van der Waals surface area contributed by atoms with Gasteiger partial charge in [0.25, 0.3) is 5.91 Å². The molecule has 0 bridgehead atoms. The fourth-order valence-corrected chi connectivity index (χ4v) is 3.67. The zero-order valence-electron chi connectivity index (χ0n) is 13.4. The molecule has 1 aromatic carbocycles. The number of rotatable bonds is 5. The maximum Gasteiger partial charge on any atom is 0.257 e. The predicted octanol–water partition coefficient (Wildman–Crippen LogP) is 4.96. The van der Waals surface area contributed by atoms with Gasteiger partial charge in [-0.1, -0.05) is 13.8 Å². The number of carbonyl (C=O) groups excluding carboxylic acids is 1. The number of pyridine rings is 1. The summed E-state index contributed by atoms with van der Waals surface area (Å²) in [5, 5.41) is 5.89. The van der Waals surface area contributed by atoms with Crippen LogP contribution in [-0.4, -0.2) is 21.1 Å². The number of thiazole rings is 1. The minimum atomic E-state index is -0.147. The van der Waals surface area contributed by atoms with E-state index in [1.165, 1.54) is 11.3 Å². The number of thioether (sulfide) groups is 1. The lowest BCUT2D eigenvalue weighted by molar-refractivity contribution is 0.102. The van der Waals surface area contributed by atoms with Crippen molar-refractivity contribution < 1.29 is 4.79 Å². The average molecular weight is 355 g/mol. The average Bonchev–Trinajstić information content (AvgIpc) is 3.04. The Morgan fingerprint density at radius 3 is 2.50 bits per heavy atom. The molecule has 0 fully saturated rings. The highest BCUT2D eigenvalue weighted by Gasteiger charge is 2.10. The number of amides is 1. The molecule has 0 aliphatic rings. The molecule has 24 heavy (non-hydrogen) atoms. The van der Waals surface area contributed by atoms with Gasteiger partial charge >= 0.3 is 0 Å². The summed E-state index contributed by atoms with van der Waals surface area (Å²) >= 11 is 3.19. The maximum absolute atomic E-state index is 12.3. The van der Waals surface area contributed by atoms with Crippen molar-refractivity contribution in [2.24, 2.45) is 0 Å². The van der Waals surface area contributed by atoms with E-state index in [4.69, 9.17) is 0 Å². The van der Waals surface area contributed by atoms with Crippen molar-refractivity contribution in [3.8, 4) is 11.3 Å². The Morgan fingerprint density at radius 2 is 1.83 bits per heavy atom. The van der Waals surface area contributed by atoms with Gasteiger partial charge in [-0.3, -0.25) is 15.1 Å². The van der Waals surface area contributed by atoms with Crippen molar-refractivity contribution in [2.45, 2.75) is 24.0 Å². The highest BCUT2D eigenvalue weighted by molar-refractivity contribution is 7.99. The van der Waals surface area contributed by atoms with E-state index < -0.39 is 0 Å². The molecular weight excluding hydrogens is 338 g/mol. The van der Waals surface area contributed by atoms with Crippen LogP contribution in [0.1, 0.15) is 24.2 Å². The topological polar surface area (TPSA) is 54.9 Å². The minimum absolute atomic E-state index is 0.147. The summed E-state index contributed by atoms with van der Waals surface area (Å²) in [5.74, 6) is -0.147. The number of hydrogen-bond acceptors (Lipinski definition) is 5. The van der Waals surface area contributed by atoms with Crippen molar-refractivity contribution in [3.63, 3.8) is 0 Å². The Morgan fingerprint density at radius 1 is 1.12 bits per heavy atom. The third kappa shape index (κ3) is 4.21. The van der Waals surface area contributed by atoms with Crippen molar-refractivity contribution in [1.82, 2.24) is 9.97 Å². The molecule has 0 unspecified atom stereocenters. The van der Waals surface area contributed by atoms with Crippen LogP contribution in [0.15, 0.2) is 59.1 Å². The zero-order chi connectivity index (χ0) is 16.9. The summed E-state index contributed by atoms with van der Waals surface area (Å²) in [4.78, 5) is 21.9. The largest absolute Gasteiger partial charge is 0.298 e. The van der Waals surface area contributed by atoms with Gasteiger partial charge in [-0.05, 0) is 36.4 Å². The van der Waals surface area contributed by atoms with Crippen LogP contribution in [0.4, 0.5) is 5.13 Å².